The van der Waals surface area contributed by atoms with E-state index in [2.05, 4.69) is 0 Å². The number of likely N-dealkylation sites (tertiary alicyclic amines) is 1. The number of benzene rings is 1. The highest BCUT2D eigenvalue weighted by atomic mass is 16.5. The number of ether oxygens (including phenoxy) is 1. The summed E-state index contributed by atoms with van der Waals surface area (Å²) in [5, 5.41) is 8.71. The van der Waals surface area contributed by atoms with Gasteiger partial charge in [-0.05, 0) is 37.1 Å². The monoisotopic (exact) mass is 264 g/mol. The van der Waals surface area contributed by atoms with Gasteiger partial charge in [0.25, 0.3) is 5.91 Å². The van der Waals surface area contributed by atoms with Gasteiger partial charge in [-0.3, -0.25) is 4.79 Å². The number of amides is 1. The lowest BCUT2D eigenvalue weighted by molar-refractivity contribution is -0.00554. The highest BCUT2D eigenvalue weighted by molar-refractivity contribution is 5.94. The number of rotatable bonds is 4. The first-order valence-electron chi connectivity index (χ1n) is 6.58. The van der Waals surface area contributed by atoms with Gasteiger partial charge in [-0.2, -0.15) is 0 Å². The van der Waals surface area contributed by atoms with Crippen molar-refractivity contribution in [3.8, 4) is 0 Å². The molecule has 0 saturated carbocycles. The zero-order valence-electron chi connectivity index (χ0n) is 10.9. The molecular weight excluding hydrogens is 244 g/mol. The quantitative estimate of drug-likeness (QED) is 0.792. The predicted octanol–water partition coefficient (Wildman–Crippen LogP) is 0.882. The summed E-state index contributed by atoms with van der Waals surface area (Å²) >= 11 is 0. The Morgan fingerprint density at radius 3 is 2.53 bits per heavy atom. The number of aliphatic hydroxyl groups excluding tert-OH is 1. The maximum Gasteiger partial charge on any atom is 0.253 e. The fourth-order valence-electron chi connectivity index (χ4n) is 2.25. The second kappa shape index (κ2) is 6.54. The summed E-state index contributed by atoms with van der Waals surface area (Å²) in [5.74, 6) is 0.0422. The first-order chi connectivity index (χ1) is 9.20. The molecule has 3 N–H and O–H groups in total. The van der Waals surface area contributed by atoms with Crippen LogP contribution in [0.2, 0.25) is 0 Å². The van der Waals surface area contributed by atoms with Crippen molar-refractivity contribution < 1.29 is 14.6 Å². The summed E-state index contributed by atoms with van der Waals surface area (Å²) in [4.78, 5) is 14.1. The fourth-order valence-corrected chi connectivity index (χ4v) is 2.25. The second-order valence-corrected chi connectivity index (χ2v) is 4.71. The first kappa shape index (κ1) is 13.8. The third-order valence-electron chi connectivity index (χ3n) is 3.33. The van der Waals surface area contributed by atoms with E-state index in [9.17, 15) is 4.79 Å². The van der Waals surface area contributed by atoms with E-state index in [1.54, 1.807) is 24.3 Å². The molecule has 2 rings (SSSR count). The van der Waals surface area contributed by atoms with Crippen LogP contribution in [-0.2, 0) is 4.74 Å². The molecule has 0 atom stereocenters. The Kier molecular flexibility index (Phi) is 4.76. The molecule has 0 bridgehead atoms. The molecule has 1 saturated heterocycles. The third kappa shape index (κ3) is 3.68. The lowest BCUT2D eigenvalue weighted by Gasteiger charge is -2.32. The van der Waals surface area contributed by atoms with Crippen LogP contribution in [0.4, 0.5) is 5.69 Å². The van der Waals surface area contributed by atoms with E-state index >= 15 is 0 Å². The average molecular weight is 264 g/mol. The fraction of sp³-hybridized carbons (Fsp3) is 0.500. The number of carbonyl (C=O) groups excluding carboxylic acids is 1. The van der Waals surface area contributed by atoms with Gasteiger partial charge in [-0.15, -0.1) is 0 Å². The number of nitrogens with two attached hydrogens (primary N) is 1. The van der Waals surface area contributed by atoms with E-state index in [1.807, 2.05) is 4.90 Å². The number of hydrogen-bond acceptors (Lipinski definition) is 4. The van der Waals surface area contributed by atoms with Crippen molar-refractivity contribution >= 4 is 11.6 Å². The van der Waals surface area contributed by atoms with Crippen LogP contribution in [0.1, 0.15) is 23.2 Å². The van der Waals surface area contributed by atoms with Gasteiger partial charge in [0.15, 0.2) is 0 Å². The Balaban J connectivity index is 1.87. The topological polar surface area (TPSA) is 75.8 Å². The lowest BCUT2D eigenvalue weighted by atomic mass is 10.1. The number of nitrogens with zero attached hydrogens (tertiary/aromatic N) is 1. The smallest absolute Gasteiger partial charge is 0.253 e. The molecule has 0 unspecified atom stereocenters. The molecule has 104 valence electrons. The van der Waals surface area contributed by atoms with Gasteiger partial charge < -0.3 is 20.5 Å². The number of nitrogen functional groups attached to an aromatic ring is 1. The maximum atomic E-state index is 12.2. The maximum absolute atomic E-state index is 12.2. The molecule has 5 heteroatoms. The summed E-state index contributed by atoms with van der Waals surface area (Å²) in [6, 6.07) is 6.99. The summed E-state index contributed by atoms with van der Waals surface area (Å²) in [5.41, 5.74) is 6.94. The van der Waals surface area contributed by atoms with E-state index in [4.69, 9.17) is 15.6 Å². The van der Waals surface area contributed by atoms with E-state index in [1.165, 1.54) is 0 Å². The highest BCUT2D eigenvalue weighted by Crippen LogP contribution is 2.17. The van der Waals surface area contributed by atoms with Crippen LogP contribution in [0.15, 0.2) is 24.3 Å². The van der Waals surface area contributed by atoms with E-state index in [0.717, 1.165) is 12.8 Å². The van der Waals surface area contributed by atoms with Crippen LogP contribution in [0.25, 0.3) is 0 Å². The Labute approximate surface area is 113 Å². The summed E-state index contributed by atoms with van der Waals surface area (Å²) in [6.07, 6.45) is 1.80. The van der Waals surface area contributed by atoms with E-state index < -0.39 is 0 Å². The largest absolute Gasteiger partial charge is 0.399 e. The molecule has 1 fully saturated rings. The number of hydrogen-bond donors (Lipinski definition) is 2. The van der Waals surface area contributed by atoms with Crippen LogP contribution in [0, 0.1) is 0 Å². The summed E-state index contributed by atoms with van der Waals surface area (Å²) in [6.45, 7) is 1.81. The minimum Gasteiger partial charge on any atom is -0.399 e. The molecule has 1 heterocycles. The van der Waals surface area contributed by atoms with Gasteiger partial charge in [0, 0.05) is 24.3 Å². The Morgan fingerprint density at radius 1 is 1.32 bits per heavy atom. The molecule has 0 spiro atoms. The first-order valence-corrected chi connectivity index (χ1v) is 6.58. The van der Waals surface area contributed by atoms with Crippen LogP contribution in [-0.4, -0.2) is 48.3 Å². The predicted molar refractivity (Wildman–Crippen MR) is 72.8 cm³/mol. The molecule has 1 aromatic carbocycles. The second-order valence-electron chi connectivity index (χ2n) is 4.71. The van der Waals surface area contributed by atoms with E-state index in [0.29, 0.717) is 30.9 Å². The van der Waals surface area contributed by atoms with Crippen LogP contribution in [0.3, 0.4) is 0 Å². The Hall–Kier alpha value is -1.59. The van der Waals surface area contributed by atoms with Gasteiger partial charge in [0.1, 0.15) is 0 Å². The summed E-state index contributed by atoms with van der Waals surface area (Å²) in [7, 11) is 0. The lowest BCUT2D eigenvalue weighted by Crippen LogP contribution is -2.41. The molecule has 5 nitrogen and oxygen atoms in total. The molecule has 19 heavy (non-hydrogen) atoms. The molecule has 0 aromatic heterocycles. The van der Waals surface area contributed by atoms with Gasteiger partial charge in [0.05, 0.1) is 19.3 Å². The molecular formula is C14H20N2O3. The number of aliphatic hydroxyl groups is 1. The third-order valence-corrected chi connectivity index (χ3v) is 3.33. The molecule has 1 amide bonds. The van der Waals surface area contributed by atoms with Gasteiger partial charge >= 0.3 is 0 Å². The number of carbonyl (C=O) groups is 1. The van der Waals surface area contributed by atoms with Crippen molar-refractivity contribution in [3.05, 3.63) is 29.8 Å². The SMILES string of the molecule is Nc1ccc(C(=O)N2CCC(OCCO)CC2)cc1. The molecule has 0 aliphatic carbocycles. The van der Waals surface area contributed by atoms with Crippen molar-refractivity contribution in [3.63, 3.8) is 0 Å². The van der Waals surface area contributed by atoms with Gasteiger partial charge in [-0.25, -0.2) is 0 Å². The van der Waals surface area contributed by atoms with Crippen molar-refractivity contribution in [2.75, 3.05) is 32.0 Å². The minimum absolute atomic E-state index is 0.0422. The van der Waals surface area contributed by atoms with Crippen LogP contribution >= 0.6 is 0 Å². The Morgan fingerprint density at radius 2 is 1.95 bits per heavy atom. The van der Waals surface area contributed by atoms with Gasteiger partial charge in [-0.1, -0.05) is 0 Å². The number of anilines is 1. The summed E-state index contributed by atoms with van der Waals surface area (Å²) < 4.78 is 5.48. The number of piperidine rings is 1. The van der Waals surface area contributed by atoms with Crippen LogP contribution in [0.5, 0.6) is 0 Å². The van der Waals surface area contributed by atoms with Crippen molar-refractivity contribution in [1.29, 1.82) is 0 Å². The van der Waals surface area contributed by atoms with Crippen molar-refractivity contribution in [2.45, 2.75) is 18.9 Å². The normalized spacial score (nSPS) is 16.6. The van der Waals surface area contributed by atoms with Crippen molar-refractivity contribution in [1.82, 2.24) is 4.90 Å². The molecule has 1 aliphatic rings. The minimum atomic E-state index is 0.0422. The zero-order valence-corrected chi connectivity index (χ0v) is 10.9. The molecule has 0 radical (unpaired) electrons. The standard InChI is InChI=1S/C14H20N2O3/c15-12-3-1-11(2-4-12)14(18)16-7-5-13(6-8-16)19-10-9-17/h1-4,13,17H,5-10,15H2. The zero-order chi connectivity index (χ0) is 13.7. The molecule has 1 aromatic rings. The highest BCUT2D eigenvalue weighted by Gasteiger charge is 2.23. The van der Waals surface area contributed by atoms with Gasteiger partial charge in [0.2, 0.25) is 0 Å². The Bertz CT molecular complexity index is 411. The average Bonchev–Trinajstić information content (AvgIpc) is 2.46. The molecule has 1 aliphatic heterocycles. The van der Waals surface area contributed by atoms with Crippen molar-refractivity contribution in [2.24, 2.45) is 0 Å². The van der Waals surface area contributed by atoms with E-state index in [-0.39, 0.29) is 18.6 Å². The van der Waals surface area contributed by atoms with Crippen LogP contribution < -0.4 is 5.73 Å².